The van der Waals surface area contributed by atoms with Crippen LogP contribution in [-0.4, -0.2) is 23.6 Å². The van der Waals surface area contributed by atoms with E-state index in [1.54, 1.807) is 12.2 Å². The predicted molar refractivity (Wildman–Crippen MR) is 35.5 cm³/mol. The van der Waals surface area contributed by atoms with Crippen LogP contribution in [0.25, 0.3) is 5.53 Å². The first-order valence-electron chi connectivity index (χ1n) is 2.76. The highest BCUT2D eigenvalue weighted by molar-refractivity contribution is 6.20. The molecule has 0 bridgehead atoms. The highest BCUT2D eigenvalue weighted by atomic mass is 16.5. The van der Waals surface area contributed by atoms with E-state index in [4.69, 9.17) is 5.53 Å². The average molecular weight is 140 g/mol. The van der Waals surface area contributed by atoms with Crippen molar-refractivity contribution in [3.8, 4) is 0 Å². The standard InChI is InChI=1S/C6H8N2O2/c1-2-3-4-10-6(9)5-8-7/h2-3,5H,4H2,1H3/b3-2+. The topological polar surface area (TPSA) is 62.7 Å². The summed E-state index contributed by atoms with van der Waals surface area (Å²) in [6.07, 6.45) is 4.12. The van der Waals surface area contributed by atoms with Crippen LogP contribution in [0.3, 0.4) is 0 Å². The van der Waals surface area contributed by atoms with Gasteiger partial charge in [-0.25, -0.2) is 4.79 Å². The van der Waals surface area contributed by atoms with Crippen molar-refractivity contribution in [2.75, 3.05) is 6.61 Å². The lowest BCUT2D eigenvalue weighted by Gasteiger charge is -1.89. The smallest absolute Gasteiger partial charge is 0.413 e. The van der Waals surface area contributed by atoms with Gasteiger partial charge < -0.3 is 10.3 Å². The van der Waals surface area contributed by atoms with Gasteiger partial charge in [-0.2, -0.15) is 4.79 Å². The molecule has 0 fully saturated rings. The molecule has 0 heterocycles. The molecule has 0 atom stereocenters. The van der Waals surface area contributed by atoms with Crippen LogP contribution in [0.1, 0.15) is 6.92 Å². The molecule has 0 aliphatic rings. The molecule has 0 radical (unpaired) electrons. The van der Waals surface area contributed by atoms with Crippen molar-refractivity contribution in [3.63, 3.8) is 0 Å². The molecule has 4 heteroatoms. The van der Waals surface area contributed by atoms with Gasteiger partial charge in [0.15, 0.2) is 0 Å². The number of allylic oxidation sites excluding steroid dienone is 1. The zero-order chi connectivity index (χ0) is 7.82. The highest BCUT2D eigenvalue weighted by Crippen LogP contribution is 1.75. The van der Waals surface area contributed by atoms with Crippen LogP contribution in [0.2, 0.25) is 0 Å². The fourth-order valence-corrected chi connectivity index (χ4v) is 0.311. The van der Waals surface area contributed by atoms with E-state index in [2.05, 4.69) is 9.53 Å². The summed E-state index contributed by atoms with van der Waals surface area (Å²) in [5.41, 5.74) is 7.84. The molecule has 54 valence electrons. The lowest BCUT2D eigenvalue weighted by atomic mass is 10.5. The Morgan fingerprint density at radius 3 is 3.00 bits per heavy atom. The summed E-state index contributed by atoms with van der Waals surface area (Å²) in [7, 11) is 0. The SMILES string of the molecule is C/C=C/COC(=O)C=[N+]=[N-]. The second kappa shape index (κ2) is 5.72. The normalized spacial score (nSPS) is 8.90. The molecule has 0 unspecified atom stereocenters. The van der Waals surface area contributed by atoms with Gasteiger partial charge in [0.05, 0.1) is 0 Å². The molecule has 0 saturated heterocycles. The maximum atomic E-state index is 10.4. The fraction of sp³-hybridized carbons (Fsp3) is 0.333. The van der Waals surface area contributed by atoms with Gasteiger partial charge in [-0.05, 0) is 6.92 Å². The van der Waals surface area contributed by atoms with Gasteiger partial charge in [-0.3, -0.25) is 0 Å². The minimum atomic E-state index is -0.652. The molecular formula is C6H8N2O2. The number of carbonyl (C=O) groups is 1. The molecule has 4 nitrogen and oxygen atoms in total. The largest absolute Gasteiger partial charge is 0.453 e. The second-order valence-electron chi connectivity index (χ2n) is 1.44. The third-order valence-electron chi connectivity index (χ3n) is 0.721. The Balaban J connectivity index is 3.49. The quantitative estimate of drug-likeness (QED) is 0.187. The minimum absolute atomic E-state index is 0.210. The highest BCUT2D eigenvalue weighted by Gasteiger charge is 1.98. The molecule has 0 aromatic heterocycles. The number of nitrogens with zero attached hydrogens (tertiary/aromatic N) is 2. The van der Waals surface area contributed by atoms with Gasteiger partial charge in [0.1, 0.15) is 6.61 Å². The lowest BCUT2D eigenvalue weighted by Crippen LogP contribution is -2.05. The zero-order valence-electron chi connectivity index (χ0n) is 5.65. The summed E-state index contributed by atoms with van der Waals surface area (Å²) < 4.78 is 4.49. The van der Waals surface area contributed by atoms with Crippen molar-refractivity contribution in [2.45, 2.75) is 6.92 Å². The Kier molecular flexibility index (Phi) is 4.91. The Bertz CT molecular complexity index is 180. The second-order valence-corrected chi connectivity index (χ2v) is 1.44. The predicted octanol–water partition coefficient (Wildman–Crippen LogP) is 0.406. The van der Waals surface area contributed by atoms with E-state index in [0.717, 1.165) is 0 Å². The van der Waals surface area contributed by atoms with Gasteiger partial charge in [-0.1, -0.05) is 12.2 Å². The summed E-state index contributed by atoms with van der Waals surface area (Å²) >= 11 is 0. The van der Waals surface area contributed by atoms with E-state index in [0.29, 0.717) is 6.21 Å². The molecule has 10 heavy (non-hydrogen) atoms. The van der Waals surface area contributed by atoms with E-state index in [9.17, 15) is 4.79 Å². The third kappa shape index (κ3) is 4.74. The monoisotopic (exact) mass is 140 g/mol. The third-order valence-corrected chi connectivity index (χ3v) is 0.721. The number of rotatable bonds is 3. The van der Waals surface area contributed by atoms with Gasteiger partial charge in [0, 0.05) is 0 Å². The van der Waals surface area contributed by atoms with Crippen LogP contribution < -0.4 is 0 Å². The van der Waals surface area contributed by atoms with Crippen molar-refractivity contribution in [1.82, 2.24) is 0 Å². The molecular weight excluding hydrogens is 132 g/mol. The first-order chi connectivity index (χ1) is 4.81. The summed E-state index contributed by atoms with van der Waals surface area (Å²) in [6, 6.07) is 0. The molecule has 0 aromatic rings. The molecule has 0 saturated carbocycles. The van der Waals surface area contributed by atoms with Gasteiger partial charge >= 0.3 is 12.2 Å². The molecule has 0 aromatic carbocycles. The zero-order valence-corrected chi connectivity index (χ0v) is 5.65. The van der Waals surface area contributed by atoms with Gasteiger partial charge in [0.2, 0.25) is 0 Å². The lowest BCUT2D eigenvalue weighted by molar-refractivity contribution is -0.137. The molecule has 0 rings (SSSR count). The van der Waals surface area contributed by atoms with E-state index in [1.165, 1.54) is 0 Å². The first kappa shape index (κ1) is 8.59. The number of ether oxygens (including phenoxy) is 1. The van der Waals surface area contributed by atoms with Crippen LogP contribution in [0.15, 0.2) is 12.2 Å². The van der Waals surface area contributed by atoms with Crippen molar-refractivity contribution >= 4 is 12.2 Å². The van der Waals surface area contributed by atoms with E-state index in [1.807, 2.05) is 6.92 Å². The molecule has 0 N–H and O–H groups in total. The minimum Gasteiger partial charge on any atom is -0.453 e. The maximum Gasteiger partial charge on any atom is 0.413 e. The Morgan fingerprint density at radius 1 is 1.80 bits per heavy atom. The van der Waals surface area contributed by atoms with Crippen molar-refractivity contribution in [1.29, 1.82) is 0 Å². The summed E-state index contributed by atoms with van der Waals surface area (Å²) in [5.74, 6) is -0.652. The van der Waals surface area contributed by atoms with Crippen molar-refractivity contribution in [2.24, 2.45) is 0 Å². The molecule has 0 spiro atoms. The van der Waals surface area contributed by atoms with Crippen LogP contribution in [-0.2, 0) is 9.53 Å². The Hall–Kier alpha value is -1.41. The van der Waals surface area contributed by atoms with Crippen LogP contribution in [0, 0.1) is 0 Å². The van der Waals surface area contributed by atoms with Crippen LogP contribution >= 0.6 is 0 Å². The van der Waals surface area contributed by atoms with Crippen LogP contribution in [0.4, 0.5) is 0 Å². The van der Waals surface area contributed by atoms with E-state index < -0.39 is 5.97 Å². The summed E-state index contributed by atoms with van der Waals surface area (Å²) in [4.78, 5) is 12.8. The Labute approximate surface area is 58.7 Å². The van der Waals surface area contributed by atoms with Crippen LogP contribution in [0.5, 0.6) is 0 Å². The average Bonchev–Trinajstić information content (AvgIpc) is 1.89. The number of carbonyl (C=O) groups excluding carboxylic acids is 1. The van der Waals surface area contributed by atoms with E-state index >= 15 is 0 Å². The maximum absolute atomic E-state index is 10.4. The molecule has 0 aliphatic carbocycles. The number of hydrogen-bond acceptors (Lipinski definition) is 2. The molecule has 0 amide bonds. The van der Waals surface area contributed by atoms with Crippen molar-refractivity contribution in [3.05, 3.63) is 17.7 Å². The van der Waals surface area contributed by atoms with Crippen molar-refractivity contribution < 1.29 is 14.3 Å². The number of hydrogen-bond donors (Lipinski definition) is 0. The first-order valence-corrected chi connectivity index (χ1v) is 2.76. The Morgan fingerprint density at radius 2 is 2.50 bits per heavy atom. The van der Waals surface area contributed by atoms with Gasteiger partial charge in [-0.15, -0.1) is 0 Å². The van der Waals surface area contributed by atoms with Gasteiger partial charge in [0.25, 0.3) is 0 Å². The van der Waals surface area contributed by atoms with E-state index in [-0.39, 0.29) is 6.61 Å². The summed E-state index contributed by atoms with van der Waals surface area (Å²) in [5, 5.41) is 0. The number of esters is 1. The fourth-order valence-electron chi connectivity index (χ4n) is 0.311. The summed E-state index contributed by atoms with van der Waals surface area (Å²) in [6.45, 7) is 2.02. The molecule has 0 aliphatic heterocycles.